The van der Waals surface area contributed by atoms with Crippen LogP contribution in [0, 0.1) is 0 Å². The van der Waals surface area contributed by atoms with E-state index < -0.39 is 15.0 Å². The monoisotopic (exact) mass is 547 g/mol. The first-order valence-electron chi connectivity index (χ1n) is 14.9. The minimum absolute atomic E-state index is 0.898. The smallest absolute Gasteiger partial charge is 0.218 e. The maximum absolute atomic E-state index is 6.44. The molecule has 0 bridgehead atoms. The summed E-state index contributed by atoms with van der Waals surface area (Å²) in [6.45, 7) is 11.7. The Bertz CT molecular complexity index is 935. The molecule has 0 saturated carbocycles. The van der Waals surface area contributed by atoms with Crippen molar-refractivity contribution in [2.24, 2.45) is 9.26 Å². The van der Waals surface area contributed by atoms with Crippen LogP contribution >= 0.6 is 15.0 Å². The molecule has 5 aliphatic heterocycles. The van der Waals surface area contributed by atoms with Crippen LogP contribution in [0.2, 0.25) is 0 Å². The van der Waals surface area contributed by atoms with Crippen molar-refractivity contribution in [3.8, 4) is 5.75 Å². The second-order valence-electron chi connectivity index (χ2n) is 11.3. The van der Waals surface area contributed by atoms with E-state index in [4.69, 9.17) is 14.0 Å². The van der Waals surface area contributed by atoms with Crippen molar-refractivity contribution < 1.29 is 4.74 Å². The van der Waals surface area contributed by atoms with Gasteiger partial charge in [0.25, 0.3) is 0 Å². The number of nitrogens with zero attached hydrogens (tertiary/aromatic N) is 7. The van der Waals surface area contributed by atoms with Crippen LogP contribution in [0.3, 0.4) is 0 Å². The number of benzene rings is 1. The van der Waals surface area contributed by atoms with Crippen LogP contribution in [0.25, 0.3) is 0 Å². The lowest BCUT2D eigenvalue weighted by molar-refractivity contribution is 0.383. The molecule has 1 aromatic carbocycles. The molecule has 1 aromatic rings. The highest BCUT2D eigenvalue weighted by Crippen LogP contribution is 2.74. The normalized spacial score (nSPS) is 25.4. The molecule has 0 amide bonds. The van der Waals surface area contributed by atoms with Gasteiger partial charge in [-0.25, -0.2) is 28.1 Å². The number of rotatable bonds is 8. The molecule has 5 heterocycles. The highest BCUT2D eigenvalue weighted by molar-refractivity contribution is 7.71. The molecule has 5 aliphatic rings. The van der Waals surface area contributed by atoms with Crippen LogP contribution in [0.5, 0.6) is 5.75 Å². The molecule has 6 rings (SSSR count). The molecule has 0 unspecified atom stereocenters. The fourth-order valence-corrected chi connectivity index (χ4v) is 16.9. The Morgan fingerprint density at radius 3 is 1.24 bits per heavy atom. The standard InChI is InChI=1S/C27H47N7OP2/c1-35-27-14-12-26(13-15-27)28-36(30-16-2-3-17-30,31-18-4-5-19-31)29-37(32-20-6-7-21-32,33-22-8-9-23-33)34-24-10-11-25-34/h12-15H,2-11,16-25H2,1H3. The van der Waals surface area contributed by atoms with Gasteiger partial charge in [-0.2, -0.15) is 4.52 Å². The maximum Gasteiger partial charge on any atom is 0.218 e. The van der Waals surface area contributed by atoms with E-state index in [0.29, 0.717) is 0 Å². The Balaban J connectivity index is 1.61. The Kier molecular flexibility index (Phi) is 8.45. The van der Waals surface area contributed by atoms with Crippen LogP contribution in [0.4, 0.5) is 5.69 Å². The zero-order chi connectivity index (χ0) is 25.1. The second-order valence-corrected chi connectivity index (χ2v) is 17.2. The molecule has 10 heteroatoms. The predicted molar refractivity (Wildman–Crippen MR) is 155 cm³/mol. The third kappa shape index (κ3) is 5.13. The van der Waals surface area contributed by atoms with Crippen molar-refractivity contribution in [3.63, 3.8) is 0 Å². The van der Waals surface area contributed by atoms with Crippen molar-refractivity contribution >= 4 is 20.7 Å². The van der Waals surface area contributed by atoms with Crippen LogP contribution in [-0.4, -0.2) is 95.9 Å². The first kappa shape index (κ1) is 26.5. The molecule has 37 heavy (non-hydrogen) atoms. The number of methoxy groups -OCH3 is 1. The van der Waals surface area contributed by atoms with Crippen molar-refractivity contribution in [2.45, 2.75) is 64.2 Å². The number of hydrogen-bond donors (Lipinski definition) is 0. The van der Waals surface area contributed by atoms with E-state index in [1.54, 1.807) is 7.11 Å². The molecule has 5 saturated heterocycles. The van der Waals surface area contributed by atoms with Crippen LogP contribution in [0.15, 0.2) is 33.5 Å². The van der Waals surface area contributed by atoms with Gasteiger partial charge in [0.2, 0.25) is 7.51 Å². The summed E-state index contributed by atoms with van der Waals surface area (Å²) in [5.41, 5.74) is 1.07. The molecule has 5 fully saturated rings. The lowest BCUT2D eigenvalue weighted by atomic mass is 10.3. The summed E-state index contributed by atoms with van der Waals surface area (Å²) < 4.78 is 31.9. The summed E-state index contributed by atoms with van der Waals surface area (Å²) in [7, 11) is -2.62. The third-order valence-corrected chi connectivity index (χ3v) is 17.1. The molecule has 0 spiro atoms. The van der Waals surface area contributed by atoms with Crippen molar-refractivity contribution in [2.75, 3.05) is 72.6 Å². The Hall–Kier alpha value is -0.720. The van der Waals surface area contributed by atoms with E-state index in [-0.39, 0.29) is 0 Å². The minimum atomic E-state index is -2.32. The van der Waals surface area contributed by atoms with Gasteiger partial charge in [-0.3, -0.25) is 0 Å². The van der Waals surface area contributed by atoms with Crippen LogP contribution in [-0.2, 0) is 0 Å². The molecule has 0 radical (unpaired) electrons. The van der Waals surface area contributed by atoms with E-state index in [1.165, 1.54) is 103 Å². The predicted octanol–water partition coefficient (Wildman–Crippen LogP) is 6.70. The van der Waals surface area contributed by atoms with Gasteiger partial charge >= 0.3 is 0 Å². The average Bonchev–Trinajstić information content (AvgIpc) is 3.79. The average molecular weight is 548 g/mol. The number of ether oxygens (including phenoxy) is 1. The SMILES string of the molecule is COc1ccc(N=P(N=P(N2CCCC2)(N2CCCC2)N2CCCC2)(N2CCCC2)N2CCCC2)cc1. The van der Waals surface area contributed by atoms with E-state index >= 15 is 0 Å². The third-order valence-electron chi connectivity index (χ3n) is 8.87. The second kappa shape index (κ2) is 11.8. The van der Waals surface area contributed by atoms with Crippen LogP contribution < -0.4 is 4.74 Å². The molecular formula is C27H47N7OP2. The first-order valence-corrected chi connectivity index (χ1v) is 18.1. The van der Waals surface area contributed by atoms with Gasteiger partial charge in [-0.05, 0) is 88.5 Å². The summed E-state index contributed by atoms with van der Waals surface area (Å²) >= 11 is 0. The summed E-state index contributed by atoms with van der Waals surface area (Å²) in [5.74, 6) is 0.898. The molecule has 0 N–H and O–H groups in total. The molecule has 8 nitrogen and oxygen atoms in total. The fraction of sp³-hybridized carbons (Fsp3) is 0.778. The zero-order valence-electron chi connectivity index (χ0n) is 22.9. The Morgan fingerprint density at radius 2 is 0.892 bits per heavy atom. The molecule has 0 atom stereocenters. The van der Waals surface area contributed by atoms with Gasteiger partial charge in [0, 0.05) is 65.4 Å². The van der Waals surface area contributed by atoms with E-state index in [0.717, 1.165) is 37.6 Å². The van der Waals surface area contributed by atoms with Gasteiger partial charge in [-0.15, -0.1) is 0 Å². The van der Waals surface area contributed by atoms with Gasteiger partial charge in [0.1, 0.15) is 5.75 Å². The Labute approximate surface area is 224 Å². The minimum Gasteiger partial charge on any atom is -0.497 e. The zero-order valence-corrected chi connectivity index (χ0v) is 24.7. The molecule has 206 valence electrons. The largest absolute Gasteiger partial charge is 0.497 e. The van der Waals surface area contributed by atoms with Crippen molar-refractivity contribution in [1.29, 1.82) is 0 Å². The summed E-state index contributed by atoms with van der Waals surface area (Å²) in [4.78, 5) is 0. The fourth-order valence-electron chi connectivity index (χ4n) is 6.95. The summed E-state index contributed by atoms with van der Waals surface area (Å²) in [6.07, 6.45) is 13.0. The molecule has 0 aromatic heterocycles. The van der Waals surface area contributed by atoms with Gasteiger partial charge < -0.3 is 4.74 Å². The highest BCUT2D eigenvalue weighted by atomic mass is 31.2. The summed E-state index contributed by atoms with van der Waals surface area (Å²) in [6, 6.07) is 8.48. The van der Waals surface area contributed by atoms with E-state index in [9.17, 15) is 0 Å². The molecule has 0 aliphatic carbocycles. The van der Waals surface area contributed by atoms with E-state index in [1.807, 2.05) is 0 Å². The number of hydrogen-bond acceptors (Lipinski definition) is 2. The Morgan fingerprint density at radius 1 is 0.541 bits per heavy atom. The summed E-state index contributed by atoms with van der Waals surface area (Å²) in [5, 5.41) is 0. The van der Waals surface area contributed by atoms with Crippen LogP contribution in [0.1, 0.15) is 64.2 Å². The van der Waals surface area contributed by atoms with Crippen molar-refractivity contribution in [3.05, 3.63) is 24.3 Å². The molecular weight excluding hydrogens is 500 g/mol. The first-order chi connectivity index (χ1) is 18.2. The van der Waals surface area contributed by atoms with Gasteiger partial charge in [0.15, 0.2) is 7.51 Å². The quantitative estimate of drug-likeness (QED) is 0.338. The van der Waals surface area contributed by atoms with Gasteiger partial charge in [0.05, 0.1) is 12.8 Å². The topological polar surface area (TPSA) is 50.2 Å². The van der Waals surface area contributed by atoms with Gasteiger partial charge in [-0.1, -0.05) is 0 Å². The highest BCUT2D eigenvalue weighted by Gasteiger charge is 2.48. The lowest BCUT2D eigenvalue weighted by Gasteiger charge is -2.49. The van der Waals surface area contributed by atoms with Crippen molar-refractivity contribution in [1.82, 2.24) is 23.4 Å². The lowest BCUT2D eigenvalue weighted by Crippen LogP contribution is -2.39. The van der Waals surface area contributed by atoms with E-state index in [2.05, 4.69) is 47.6 Å². The maximum atomic E-state index is 6.44.